The summed E-state index contributed by atoms with van der Waals surface area (Å²) in [5.74, 6) is 0.851. The first-order chi connectivity index (χ1) is 11.6. The van der Waals surface area contributed by atoms with Crippen LogP contribution < -0.4 is 10.6 Å². The zero-order valence-electron chi connectivity index (χ0n) is 13.6. The molecule has 0 unspecified atom stereocenters. The van der Waals surface area contributed by atoms with Crippen LogP contribution in [0.3, 0.4) is 0 Å². The highest BCUT2D eigenvalue weighted by molar-refractivity contribution is 6.17. The number of halogens is 2. The predicted octanol–water partition coefficient (Wildman–Crippen LogP) is 3.58. The van der Waals surface area contributed by atoms with Crippen molar-refractivity contribution in [1.82, 2.24) is 10.6 Å². The second-order valence-corrected chi connectivity index (χ2v) is 5.94. The second-order valence-electron chi connectivity index (χ2n) is 5.56. The maximum absolute atomic E-state index is 13.8. The number of amides is 1. The van der Waals surface area contributed by atoms with Crippen LogP contribution in [-0.2, 0) is 16.1 Å². The lowest BCUT2D eigenvalue weighted by molar-refractivity contribution is -0.121. The summed E-state index contributed by atoms with van der Waals surface area (Å²) in [4.78, 5) is 11.9. The Labute approximate surface area is 146 Å². The van der Waals surface area contributed by atoms with Gasteiger partial charge in [-0.25, -0.2) is 4.39 Å². The Bertz CT molecular complexity index is 621. The van der Waals surface area contributed by atoms with Crippen LogP contribution in [0.15, 0.2) is 48.1 Å². The van der Waals surface area contributed by atoms with Gasteiger partial charge in [-0.05, 0) is 25.5 Å². The average Bonchev–Trinajstić information content (AvgIpc) is 3.09. The molecule has 2 rings (SSSR count). The number of carbonyl (C=O) groups excluding carboxylic acids is 1. The molecule has 130 valence electrons. The number of alkyl halides is 1. The first-order valence-corrected chi connectivity index (χ1v) is 8.52. The van der Waals surface area contributed by atoms with Crippen LogP contribution in [0, 0.1) is 5.82 Å². The van der Waals surface area contributed by atoms with Gasteiger partial charge in [0.05, 0.1) is 18.0 Å². The van der Waals surface area contributed by atoms with Gasteiger partial charge in [0, 0.05) is 30.8 Å². The highest BCUT2D eigenvalue weighted by atomic mass is 35.5. The summed E-state index contributed by atoms with van der Waals surface area (Å²) in [5.41, 5.74) is 1.31. The van der Waals surface area contributed by atoms with Crippen molar-refractivity contribution in [3.63, 3.8) is 0 Å². The van der Waals surface area contributed by atoms with E-state index in [2.05, 4.69) is 10.6 Å². The quantitative estimate of drug-likeness (QED) is 0.703. The highest BCUT2D eigenvalue weighted by Crippen LogP contribution is 2.19. The Hall–Kier alpha value is -2.01. The summed E-state index contributed by atoms with van der Waals surface area (Å²) in [5, 5.41) is 6.14. The van der Waals surface area contributed by atoms with Crippen molar-refractivity contribution < 1.29 is 13.9 Å². The molecule has 0 saturated heterocycles. The van der Waals surface area contributed by atoms with Crippen molar-refractivity contribution >= 4 is 17.5 Å². The topological polar surface area (TPSA) is 50.4 Å². The molecule has 1 aliphatic heterocycles. The molecule has 1 aromatic rings. The fraction of sp³-hybridized carbons (Fsp3) is 0.389. The number of carbonyl (C=O) groups is 1. The van der Waals surface area contributed by atoms with Gasteiger partial charge in [0.2, 0.25) is 5.91 Å². The van der Waals surface area contributed by atoms with Crippen LogP contribution in [0.1, 0.15) is 31.7 Å². The summed E-state index contributed by atoms with van der Waals surface area (Å²) in [7, 11) is 0. The zero-order valence-corrected chi connectivity index (χ0v) is 14.4. The van der Waals surface area contributed by atoms with E-state index >= 15 is 0 Å². The summed E-state index contributed by atoms with van der Waals surface area (Å²) < 4.78 is 19.3. The van der Waals surface area contributed by atoms with Gasteiger partial charge in [-0.1, -0.05) is 18.2 Å². The lowest BCUT2D eigenvalue weighted by atomic mass is 10.1. The molecule has 1 amide bonds. The molecule has 1 atom stereocenters. The molecular weight excluding hydrogens is 331 g/mol. The molecule has 24 heavy (non-hydrogen) atoms. The Morgan fingerprint density at radius 2 is 2.21 bits per heavy atom. The third-order valence-corrected chi connectivity index (χ3v) is 3.95. The molecule has 4 nitrogen and oxygen atoms in total. The fourth-order valence-electron chi connectivity index (χ4n) is 2.45. The minimum atomic E-state index is -0.269. The number of allylic oxidation sites excluding steroid dienone is 1. The minimum absolute atomic E-state index is 0.0695. The smallest absolute Gasteiger partial charge is 0.220 e. The maximum Gasteiger partial charge on any atom is 0.220 e. The van der Waals surface area contributed by atoms with Crippen molar-refractivity contribution in [2.75, 3.05) is 5.88 Å². The number of ether oxygens (including phenoxy) is 1. The number of nitrogens with one attached hydrogen (secondary N) is 2. The predicted molar refractivity (Wildman–Crippen MR) is 92.7 cm³/mol. The molecule has 0 radical (unpaired) electrons. The molecule has 1 heterocycles. The normalized spacial score (nSPS) is 16.5. The molecule has 0 aromatic heterocycles. The molecule has 0 aliphatic carbocycles. The van der Waals surface area contributed by atoms with Gasteiger partial charge < -0.3 is 15.4 Å². The van der Waals surface area contributed by atoms with E-state index in [1.807, 2.05) is 13.0 Å². The molecule has 0 fully saturated rings. The highest BCUT2D eigenvalue weighted by Gasteiger charge is 2.19. The summed E-state index contributed by atoms with van der Waals surface area (Å²) >= 11 is 5.62. The van der Waals surface area contributed by atoms with Gasteiger partial charge >= 0.3 is 0 Å². The maximum atomic E-state index is 13.8. The first-order valence-electron chi connectivity index (χ1n) is 7.99. The molecule has 0 spiro atoms. The van der Waals surface area contributed by atoms with Crippen LogP contribution >= 0.6 is 11.6 Å². The standard InChI is InChI=1S/C18H22ClFN2O2/c1-13(22-17(23)9-4-10-19)18(16-8-5-11-24-16)21-12-14-6-2-3-7-15(14)20/h2-3,5-7,11,13,21H,4,8-10,12H2,1H3,(H,22,23)/t13-/m0/s1. The third-order valence-electron chi connectivity index (χ3n) is 3.69. The van der Waals surface area contributed by atoms with E-state index in [0.29, 0.717) is 37.3 Å². The van der Waals surface area contributed by atoms with Gasteiger partial charge in [0.15, 0.2) is 0 Å². The molecule has 1 aliphatic rings. The van der Waals surface area contributed by atoms with E-state index in [9.17, 15) is 9.18 Å². The second kappa shape index (κ2) is 9.33. The van der Waals surface area contributed by atoms with Crippen LogP contribution in [0.4, 0.5) is 4.39 Å². The van der Waals surface area contributed by atoms with Gasteiger partial charge in [-0.15, -0.1) is 11.6 Å². The first kappa shape index (κ1) is 18.3. The monoisotopic (exact) mass is 352 g/mol. The Kier molecular flexibility index (Phi) is 7.12. The summed E-state index contributed by atoms with van der Waals surface area (Å²) in [6.45, 7) is 2.19. The fourth-order valence-corrected chi connectivity index (χ4v) is 2.58. The Balaban J connectivity index is 2.04. The van der Waals surface area contributed by atoms with Gasteiger partial charge in [-0.3, -0.25) is 4.79 Å². The van der Waals surface area contributed by atoms with Crippen molar-refractivity contribution in [1.29, 1.82) is 0 Å². The minimum Gasteiger partial charge on any atom is -0.467 e. The lowest BCUT2D eigenvalue weighted by Gasteiger charge is -2.21. The largest absolute Gasteiger partial charge is 0.467 e. The Morgan fingerprint density at radius 3 is 2.88 bits per heavy atom. The SMILES string of the molecule is C[C@H](NC(=O)CCCCl)C(NCc1ccccc1F)=C1CC=CO1. The molecular formula is C18H22ClFN2O2. The van der Waals surface area contributed by atoms with Gasteiger partial charge in [0.1, 0.15) is 11.6 Å². The third kappa shape index (κ3) is 5.27. The Morgan fingerprint density at radius 1 is 1.42 bits per heavy atom. The molecule has 2 N–H and O–H groups in total. The summed E-state index contributed by atoms with van der Waals surface area (Å²) in [6.07, 6.45) is 5.15. The number of rotatable bonds is 8. The van der Waals surface area contributed by atoms with Crippen LogP contribution in [0.25, 0.3) is 0 Å². The number of benzene rings is 1. The van der Waals surface area contributed by atoms with Crippen molar-refractivity contribution in [2.24, 2.45) is 0 Å². The summed E-state index contributed by atoms with van der Waals surface area (Å²) in [6, 6.07) is 6.33. The van der Waals surface area contributed by atoms with Crippen molar-refractivity contribution in [2.45, 2.75) is 38.8 Å². The van der Waals surface area contributed by atoms with E-state index in [4.69, 9.17) is 16.3 Å². The molecule has 6 heteroatoms. The van der Waals surface area contributed by atoms with E-state index in [-0.39, 0.29) is 17.8 Å². The van der Waals surface area contributed by atoms with Crippen LogP contribution in [-0.4, -0.2) is 17.8 Å². The molecule has 0 bridgehead atoms. The zero-order chi connectivity index (χ0) is 17.4. The van der Waals surface area contributed by atoms with Crippen molar-refractivity contribution in [3.05, 3.63) is 59.4 Å². The number of hydrogen-bond donors (Lipinski definition) is 2. The van der Waals surface area contributed by atoms with E-state index in [1.165, 1.54) is 6.07 Å². The van der Waals surface area contributed by atoms with Crippen LogP contribution in [0.5, 0.6) is 0 Å². The van der Waals surface area contributed by atoms with Gasteiger partial charge in [0.25, 0.3) is 0 Å². The van der Waals surface area contributed by atoms with Gasteiger partial charge in [-0.2, -0.15) is 0 Å². The number of hydrogen-bond acceptors (Lipinski definition) is 3. The van der Waals surface area contributed by atoms with E-state index in [1.54, 1.807) is 24.5 Å². The van der Waals surface area contributed by atoms with Crippen LogP contribution in [0.2, 0.25) is 0 Å². The van der Waals surface area contributed by atoms with Crippen molar-refractivity contribution in [3.8, 4) is 0 Å². The molecule has 0 saturated carbocycles. The van der Waals surface area contributed by atoms with E-state index in [0.717, 1.165) is 11.5 Å². The average molecular weight is 353 g/mol. The molecule has 1 aromatic carbocycles. The lowest BCUT2D eigenvalue weighted by Crippen LogP contribution is -2.39. The van der Waals surface area contributed by atoms with E-state index < -0.39 is 0 Å².